The molecule has 0 aromatic rings. The minimum absolute atomic E-state index is 0.0980. The summed E-state index contributed by atoms with van der Waals surface area (Å²) < 4.78 is 60.7. The lowest BCUT2D eigenvalue weighted by molar-refractivity contribution is -0.161. The predicted molar refractivity (Wildman–Crippen MR) is 353 cm³/mol. The molecule has 0 rings (SSSR count). The van der Waals surface area contributed by atoms with Crippen molar-refractivity contribution in [1.82, 2.24) is 0 Å². The first-order valence-electron chi connectivity index (χ1n) is 32.8. The monoisotopic (exact) mass is 1260 g/mol. The van der Waals surface area contributed by atoms with Crippen molar-refractivity contribution in [2.75, 3.05) is 39.6 Å². The molecule has 498 valence electrons. The lowest BCUT2D eigenvalue weighted by atomic mass is 10.0. The average molecular weight is 1260 g/mol. The second-order valence-electron chi connectivity index (χ2n) is 21.5. The number of carbonyl (C=O) groups excluding carboxylic acids is 3. The first-order valence-corrected chi connectivity index (χ1v) is 35.8. The fraction of sp³-hybridized carbons (Fsp3) is 0.667. The van der Waals surface area contributed by atoms with Crippen molar-refractivity contribution in [3.63, 3.8) is 0 Å². The fourth-order valence-electron chi connectivity index (χ4n) is 8.21. The van der Waals surface area contributed by atoms with Crippen LogP contribution < -0.4 is 0 Å². The van der Waals surface area contributed by atoms with E-state index in [-0.39, 0.29) is 19.3 Å². The Balaban J connectivity index is 4.70. The van der Waals surface area contributed by atoms with Gasteiger partial charge in [0.1, 0.15) is 25.4 Å². The van der Waals surface area contributed by atoms with E-state index in [2.05, 4.69) is 142 Å². The van der Waals surface area contributed by atoms with Crippen molar-refractivity contribution < 1.29 is 75.8 Å². The first-order chi connectivity index (χ1) is 42.2. The van der Waals surface area contributed by atoms with Crippen LogP contribution in [0.1, 0.15) is 239 Å². The maximum absolute atomic E-state index is 12.9. The Morgan fingerprint density at radius 3 is 0.989 bits per heavy atom. The van der Waals surface area contributed by atoms with Crippen molar-refractivity contribution >= 4 is 33.6 Å². The summed E-state index contributed by atoms with van der Waals surface area (Å²) in [6.07, 6.45) is 69.7. The summed E-state index contributed by atoms with van der Waals surface area (Å²) in [5.41, 5.74) is 0. The highest BCUT2D eigenvalue weighted by molar-refractivity contribution is 7.47. The molecular formula is C69H116O16P2. The van der Waals surface area contributed by atoms with Gasteiger partial charge in [0.2, 0.25) is 0 Å². The Hall–Kier alpha value is -4.05. The zero-order valence-electron chi connectivity index (χ0n) is 53.6. The van der Waals surface area contributed by atoms with Crippen LogP contribution in [0, 0.1) is 0 Å². The maximum atomic E-state index is 12.9. The molecule has 87 heavy (non-hydrogen) atoms. The number of esters is 3. The van der Waals surface area contributed by atoms with Gasteiger partial charge in [0.05, 0.1) is 26.4 Å². The highest BCUT2D eigenvalue weighted by atomic mass is 31.2. The summed E-state index contributed by atoms with van der Waals surface area (Å²) in [6.45, 7) is 2.34. The van der Waals surface area contributed by atoms with Gasteiger partial charge in [-0.15, -0.1) is 0 Å². The van der Waals surface area contributed by atoms with Gasteiger partial charge < -0.3 is 34.2 Å². The van der Waals surface area contributed by atoms with Gasteiger partial charge in [0.25, 0.3) is 0 Å². The first kappa shape index (κ1) is 83.0. The summed E-state index contributed by atoms with van der Waals surface area (Å²) in [5, 5.41) is 20.5. The molecule has 5 atom stereocenters. The standard InChI is InChI=1S/C69H116O16P2/c1-4-7-10-13-16-19-22-25-27-29-30-31-32-34-36-38-40-43-46-49-52-55-67(72)79-58-64(70)59-81-86(75,76)82-60-65(71)61-83-87(77,78)84-63-66(85-69(74)57-54-51-48-45-42-37-24-21-18-15-12-9-6-3)62-80-68(73)56-53-50-47-44-41-39-35-33-28-26-23-20-17-14-11-8-5-2/h7-8,10-11,16-17,19-20,25-28,30-31,34-36,39-40,43,64-66,70-71H,4-6,9,12-15,18,21-24,29,32-33,37-38,41-42,44-63H2,1-3H3,(H,75,76)(H,77,78)/b10-7-,11-8-,19-16-,20-17-,27-25-,28-26-,31-30-,36-34-,39-35-,43-40-. The normalized spacial score (nSPS) is 15.1. The number of phosphoric acid groups is 2. The van der Waals surface area contributed by atoms with E-state index in [1.165, 1.54) is 51.4 Å². The number of rotatable bonds is 61. The molecular weight excluding hydrogens is 1150 g/mol. The van der Waals surface area contributed by atoms with E-state index in [0.29, 0.717) is 19.3 Å². The average Bonchev–Trinajstić information content (AvgIpc) is 3.69. The van der Waals surface area contributed by atoms with Gasteiger partial charge in [-0.1, -0.05) is 232 Å². The molecule has 0 fully saturated rings. The third-order valence-corrected chi connectivity index (χ3v) is 15.1. The molecule has 0 radical (unpaired) electrons. The number of aliphatic hydroxyl groups excluding tert-OH is 2. The van der Waals surface area contributed by atoms with Crippen molar-refractivity contribution in [2.45, 2.75) is 257 Å². The van der Waals surface area contributed by atoms with Crippen LogP contribution in [0.2, 0.25) is 0 Å². The molecule has 0 amide bonds. The number of ether oxygens (including phenoxy) is 3. The summed E-state index contributed by atoms with van der Waals surface area (Å²) in [4.78, 5) is 58.3. The molecule has 0 spiro atoms. The SMILES string of the molecule is CC/C=C\C/C=C\C/C=C\C/C=C\C/C=C\C/C=C\CCCCC(=O)OCC(O)COP(=O)(O)OCC(O)COP(=O)(O)OCC(COC(=O)CCCCCC/C=C\C/C=C\C/C=C\C/C=C\CC)OC(=O)CCCCCCCCCCCCCCC. The van der Waals surface area contributed by atoms with Gasteiger partial charge in [0.15, 0.2) is 6.10 Å². The zero-order valence-corrected chi connectivity index (χ0v) is 55.4. The minimum atomic E-state index is -4.93. The van der Waals surface area contributed by atoms with Crippen LogP contribution in [0.25, 0.3) is 0 Å². The van der Waals surface area contributed by atoms with Crippen molar-refractivity contribution in [1.29, 1.82) is 0 Å². The smallest absolute Gasteiger partial charge is 0.463 e. The number of unbranched alkanes of at least 4 members (excludes halogenated alkanes) is 18. The molecule has 0 bridgehead atoms. The maximum Gasteiger partial charge on any atom is 0.472 e. The van der Waals surface area contributed by atoms with E-state index >= 15 is 0 Å². The molecule has 4 N–H and O–H groups in total. The van der Waals surface area contributed by atoms with E-state index in [9.17, 15) is 43.5 Å². The van der Waals surface area contributed by atoms with Gasteiger partial charge in [-0.3, -0.25) is 32.5 Å². The number of aliphatic hydroxyl groups is 2. The lowest BCUT2D eigenvalue weighted by Crippen LogP contribution is -2.30. The molecule has 0 saturated carbocycles. The van der Waals surface area contributed by atoms with Gasteiger partial charge in [-0.05, 0) is 109 Å². The minimum Gasteiger partial charge on any atom is -0.463 e. The summed E-state index contributed by atoms with van der Waals surface area (Å²) in [7, 11) is -9.79. The highest BCUT2D eigenvalue weighted by Gasteiger charge is 2.29. The molecule has 18 heteroatoms. The van der Waals surface area contributed by atoms with Crippen LogP contribution in [0.3, 0.4) is 0 Å². The second-order valence-corrected chi connectivity index (χ2v) is 24.4. The number of allylic oxidation sites excluding steroid dienone is 20. The summed E-state index contributed by atoms with van der Waals surface area (Å²) >= 11 is 0. The second kappa shape index (κ2) is 62.2. The van der Waals surface area contributed by atoms with E-state index < -0.39 is 91.5 Å². The van der Waals surface area contributed by atoms with Crippen LogP contribution in [0.15, 0.2) is 122 Å². The topological polar surface area (TPSA) is 231 Å². The van der Waals surface area contributed by atoms with E-state index in [1.807, 2.05) is 0 Å². The Labute approximate surface area is 525 Å². The van der Waals surface area contributed by atoms with Gasteiger partial charge in [-0.25, -0.2) is 9.13 Å². The third-order valence-electron chi connectivity index (χ3n) is 13.2. The largest absolute Gasteiger partial charge is 0.472 e. The molecule has 0 saturated heterocycles. The predicted octanol–water partition coefficient (Wildman–Crippen LogP) is 17.9. The van der Waals surface area contributed by atoms with E-state index in [4.69, 9.17) is 32.3 Å². The Morgan fingerprint density at radius 2 is 0.609 bits per heavy atom. The van der Waals surface area contributed by atoms with Crippen LogP contribution in [-0.4, -0.2) is 95.9 Å². The van der Waals surface area contributed by atoms with Crippen molar-refractivity contribution in [3.05, 3.63) is 122 Å². The Morgan fingerprint density at radius 1 is 0.333 bits per heavy atom. The van der Waals surface area contributed by atoms with Gasteiger partial charge in [-0.2, -0.15) is 0 Å². The molecule has 0 aliphatic carbocycles. The molecule has 0 aromatic carbocycles. The lowest BCUT2D eigenvalue weighted by Gasteiger charge is -2.21. The molecule has 0 aromatic heterocycles. The summed E-state index contributed by atoms with van der Waals surface area (Å²) in [6, 6.07) is 0. The van der Waals surface area contributed by atoms with Crippen LogP contribution in [0.4, 0.5) is 0 Å². The highest BCUT2D eigenvalue weighted by Crippen LogP contribution is 2.45. The van der Waals surface area contributed by atoms with Crippen LogP contribution in [0.5, 0.6) is 0 Å². The van der Waals surface area contributed by atoms with Crippen molar-refractivity contribution in [3.8, 4) is 0 Å². The Bertz CT molecular complexity index is 2070. The quantitative estimate of drug-likeness (QED) is 0.0146. The zero-order chi connectivity index (χ0) is 63.8. The molecule has 0 aliphatic rings. The van der Waals surface area contributed by atoms with Crippen LogP contribution >= 0.6 is 15.6 Å². The summed E-state index contributed by atoms with van der Waals surface area (Å²) in [5.74, 6) is -1.65. The third kappa shape index (κ3) is 63.3. The number of hydrogen-bond donors (Lipinski definition) is 4. The van der Waals surface area contributed by atoms with E-state index in [0.717, 1.165) is 128 Å². The van der Waals surface area contributed by atoms with Crippen molar-refractivity contribution in [2.24, 2.45) is 0 Å². The number of phosphoric ester groups is 2. The van der Waals surface area contributed by atoms with Gasteiger partial charge in [0, 0.05) is 19.3 Å². The molecule has 5 unspecified atom stereocenters. The van der Waals surface area contributed by atoms with Gasteiger partial charge >= 0.3 is 33.6 Å². The Kier molecular flexibility index (Phi) is 59.3. The van der Waals surface area contributed by atoms with Crippen LogP contribution in [-0.2, 0) is 55.8 Å². The number of hydrogen-bond acceptors (Lipinski definition) is 14. The molecule has 0 heterocycles. The number of carbonyl (C=O) groups is 3. The molecule has 16 nitrogen and oxygen atoms in total. The molecule has 0 aliphatic heterocycles. The van der Waals surface area contributed by atoms with E-state index in [1.54, 1.807) is 0 Å². The fourth-order valence-corrected chi connectivity index (χ4v) is 9.80.